The summed E-state index contributed by atoms with van der Waals surface area (Å²) in [6.07, 6.45) is 6.44. The topological polar surface area (TPSA) is 18.5 Å². The summed E-state index contributed by atoms with van der Waals surface area (Å²) < 4.78 is 10.8. The normalized spacial score (nSPS) is 36.8. The second-order valence-electron chi connectivity index (χ2n) is 3.40. The van der Waals surface area contributed by atoms with E-state index in [2.05, 4.69) is 13.3 Å². The molecular formula is C10H19O2. The van der Waals surface area contributed by atoms with Gasteiger partial charge in [0.05, 0.1) is 12.2 Å². The van der Waals surface area contributed by atoms with Crippen LogP contribution in [0.3, 0.4) is 0 Å². The Labute approximate surface area is 75.2 Å². The zero-order valence-corrected chi connectivity index (χ0v) is 8.25. The van der Waals surface area contributed by atoms with Crippen LogP contribution in [0.2, 0.25) is 0 Å². The Morgan fingerprint density at radius 2 is 1.92 bits per heavy atom. The smallest absolute Gasteiger partial charge is 0.0863 e. The lowest BCUT2D eigenvalue weighted by Crippen LogP contribution is -2.40. The van der Waals surface area contributed by atoms with Gasteiger partial charge >= 0.3 is 0 Å². The minimum Gasteiger partial charge on any atom is -0.379 e. The van der Waals surface area contributed by atoms with Gasteiger partial charge in [0.25, 0.3) is 0 Å². The van der Waals surface area contributed by atoms with Crippen LogP contribution >= 0.6 is 0 Å². The average Bonchev–Trinajstić information content (AvgIpc) is 2.16. The van der Waals surface area contributed by atoms with Crippen LogP contribution in [0.15, 0.2) is 0 Å². The zero-order valence-electron chi connectivity index (χ0n) is 8.25. The maximum atomic E-state index is 5.44. The predicted molar refractivity (Wildman–Crippen MR) is 48.9 cm³/mol. The third-order valence-electron chi connectivity index (χ3n) is 2.82. The van der Waals surface area contributed by atoms with Crippen molar-refractivity contribution in [1.82, 2.24) is 0 Å². The maximum absolute atomic E-state index is 5.44. The summed E-state index contributed by atoms with van der Waals surface area (Å²) in [6, 6.07) is 0. The first-order chi connectivity index (χ1) is 5.83. The molecule has 0 aliphatic heterocycles. The number of hydrogen-bond acceptors (Lipinski definition) is 2. The summed E-state index contributed by atoms with van der Waals surface area (Å²) in [4.78, 5) is 0. The molecule has 3 atom stereocenters. The fourth-order valence-electron chi connectivity index (χ4n) is 2.09. The Bertz CT molecular complexity index is 113. The van der Waals surface area contributed by atoms with Gasteiger partial charge in [0, 0.05) is 14.2 Å². The fourth-order valence-corrected chi connectivity index (χ4v) is 2.09. The number of hydrogen-bond donors (Lipinski definition) is 0. The van der Waals surface area contributed by atoms with E-state index in [0.29, 0.717) is 12.0 Å². The Morgan fingerprint density at radius 1 is 1.17 bits per heavy atom. The van der Waals surface area contributed by atoms with Gasteiger partial charge in [0.1, 0.15) is 0 Å². The molecule has 0 spiro atoms. The molecule has 1 aliphatic carbocycles. The molecule has 3 unspecified atom stereocenters. The monoisotopic (exact) mass is 171 g/mol. The minimum atomic E-state index is 0.272. The van der Waals surface area contributed by atoms with Crippen molar-refractivity contribution in [2.45, 2.75) is 38.4 Å². The summed E-state index contributed by atoms with van der Waals surface area (Å²) >= 11 is 0. The van der Waals surface area contributed by atoms with Gasteiger partial charge in [-0.1, -0.05) is 13.3 Å². The number of ether oxygens (including phenoxy) is 2. The highest BCUT2D eigenvalue weighted by molar-refractivity contribution is 4.89. The van der Waals surface area contributed by atoms with Crippen molar-refractivity contribution in [2.24, 2.45) is 5.92 Å². The molecule has 0 saturated heterocycles. The molecule has 12 heavy (non-hydrogen) atoms. The molecular weight excluding hydrogens is 152 g/mol. The Hall–Kier alpha value is -0.0800. The van der Waals surface area contributed by atoms with Gasteiger partial charge < -0.3 is 9.47 Å². The van der Waals surface area contributed by atoms with Gasteiger partial charge in [0.15, 0.2) is 0 Å². The van der Waals surface area contributed by atoms with Gasteiger partial charge in [-0.3, -0.25) is 0 Å². The van der Waals surface area contributed by atoms with Crippen molar-refractivity contribution in [1.29, 1.82) is 0 Å². The van der Waals surface area contributed by atoms with Crippen LogP contribution in [0.5, 0.6) is 0 Å². The summed E-state index contributed by atoms with van der Waals surface area (Å²) in [6.45, 7) is 2.11. The van der Waals surface area contributed by atoms with E-state index in [1.165, 1.54) is 12.8 Å². The molecule has 2 heteroatoms. The van der Waals surface area contributed by atoms with E-state index in [9.17, 15) is 0 Å². The van der Waals surface area contributed by atoms with Crippen molar-refractivity contribution < 1.29 is 9.47 Å². The van der Waals surface area contributed by atoms with Crippen LogP contribution < -0.4 is 0 Å². The van der Waals surface area contributed by atoms with Gasteiger partial charge in [-0.25, -0.2) is 0 Å². The predicted octanol–water partition coefficient (Wildman–Crippen LogP) is 2.04. The summed E-state index contributed by atoms with van der Waals surface area (Å²) in [5.41, 5.74) is 0. The van der Waals surface area contributed by atoms with E-state index in [-0.39, 0.29) is 6.10 Å². The van der Waals surface area contributed by atoms with Crippen molar-refractivity contribution in [3.8, 4) is 0 Å². The molecule has 0 aromatic carbocycles. The molecule has 1 rings (SSSR count). The molecule has 1 fully saturated rings. The maximum Gasteiger partial charge on any atom is 0.0863 e. The van der Waals surface area contributed by atoms with E-state index < -0.39 is 0 Å². The highest BCUT2D eigenvalue weighted by atomic mass is 16.5. The molecule has 1 saturated carbocycles. The summed E-state index contributed by atoms with van der Waals surface area (Å²) in [7, 11) is 3.55. The number of methoxy groups -OCH3 is 2. The SMILES string of the molecule is C[CH]C1CCCC(OC)C1OC. The second-order valence-corrected chi connectivity index (χ2v) is 3.40. The lowest BCUT2D eigenvalue weighted by Gasteiger charge is -2.35. The first-order valence-electron chi connectivity index (χ1n) is 4.68. The molecule has 0 amide bonds. The largest absolute Gasteiger partial charge is 0.379 e. The fraction of sp³-hybridized carbons (Fsp3) is 0.900. The number of rotatable bonds is 3. The van der Waals surface area contributed by atoms with Crippen LogP contribution in [-0.4, -0.2) is 26.4 Å². The van der Waals surface area contributed by atoms with Crippen LogP contribution in [-0.2, 0) is 9.47 Å². The Morgan fingerprint density at radius 3 is 2.42 bits per heavy atom. The third kappa shape index (κ3) is 1.99. The van der Waals surface area contributed by atoms with Gasteiger partial charge in [-0.2, -0.15) is 0 Å². The van der Waals surface area contributed by atoms with Crippen LogP contribution in [0.1, 0.15) is 26.2 Å². The standard InChI is InChI=1S/C10H19O2/c1-4-8-6-5-7-9(11-2)10(8)12-3/h4,8-10H,5-7H2,1-3H3. The summed E-state index contributed by atoms with van der Waals surface area (Å²) in [5.74, 6) is 0.577. The van der Waals surface area contributed by atoms with Crippen LogP contribution in [0, 0.1) is 12.3 Å². The highest BCUT2D eigenvalue weighted by Crippen LogP contribution is 2.29. The highest BCUT2D eigenvalue weighted by Gasteiger charge is 2.32. The van der Waals surface area contributed by atoms with E-state index >= 15 is 0 Å². The van der Waals surface area contributed by atoms with Gasteiger partial charge in [-0.05, 0) is 25.2 Å². The molecule has 0 aromatic rings. The summed E-state index contributed by atoms with van der Waals surface area (Å²) in [5, 5.41) is 0. The lowest BCUT2D eigenvalue weighted by molar-refractivity contribution is -0.0794. The molecule has 1 radical (unpaired) electrons. The quantitative estimate of drug-likeness (QED) is 0.647. The van der Waals surface area contributed by atoms with E-state index in [4.69, 9.17) is 9.47 Å². The van der Waals surface area contributed by atoms with Crippen LogP contribution in [0.25, 0.3) is 0 Å². The first kappa shape index (κ1) is 10.0. The lowest BCUT2D eigenvalue weighted by atomic mass is 9.83. The second kappa shape index (κ2) is 4.83. The van der Waals surface area contributed by atoms with E-state index in [1.807, 2.05) is 0 Å². The molecule has 0 bridgehead atoms. The van der Waals surface area contributed by atoms with Gasteiger partial charge in [-0.15, -0.1) is 0 Å². The Balaban J connectivity index is 2.52. The van der Waals surface area contributed by atoms with Crippen molar-refractivity contribution in [3.63, 3.8) is 0 Å². The molecule has 0 N–H and O–H groups in total. The zero-order chi connectivity index (χ0) is 8.97. The molecule has 1 aliphatic rings. The molecule has 71 valence electrons. The van der Waals surface area contributed by atoms with Crippen molar-refractivity contribution >= 4 is 0 Å². The van der Waals surface area contributed by atoms with Crippen molar-refractivity contribution in [3.05, 3.63) is 6.42 Å². The third-order valence-corrected chi connectivity index (χ3v) is 2.82. The molecule has 0 heterocycles. The molecule has 0 aromatic heterocycles. The van der Waals surface area contributed by atoms with Gasteiger partial charge in [0.2, 0.25) is 0 Å². The Kier molecular flexibility index (Phi) is 4.02. The van der Waals surface area contributed by atoms with E-state index in [1.54, 1.807) is 14.2 Å². The van der Waals surface area contributed by atoms with Crippen LogP contribution in [0.4, 0.5) is 0 Å². The van der Waals surface area contributed by atoms with Crippen molar-refractivity contribution in [2.75, 3.05) is 14.2 Å². The molecule has 2 nitrogen and oxygen atoms in total. The average molecular weight is 171 g/mol. The van der Waals surface area contributed by atoms with E-state index in [0.717, 1.165) is 6.42 Å². The minimum absolute atomic E-state index is 0.272. The first-order valence-corrected chi connectivity index (χ1v) is 4.68.